The summed E-state index contributed by atoms with van der Waals surface area (Å²) < 4.78 is 6.15. The van der Waals surface area contributed by atoms with Gasteiger partial charge in [0, 0.05) is 18.9 Å². The van der Waals surface area contributed by atoms with Crippen molar-refractivity contribution in [2.75, 3.05) is 0 Å². The molecule has 1 aromatic carbocycles. The molecule has 2 aliphatic rings. The summed E-state index contributed by atoms with van der Waals surface area (Å²) in [6.45, 7) is 9.95. The van der Waals surface area contributed by atoms with E-state index in [0.717, 1.165) is 5.75 Å². The van der Waals surface area contributed by atoms with Crippen LogP contribution in [0.1, 0.15) is 53.0 Å². The van der Waals surface area contributed by atoms with E-state index in [9.17, 15) is 9.59 Å². The maximum absolute atomic E-state index is 12.3. The van der Waals surface area contributed by atoms with E-state index in [1.807, 2.05) is 18.2 Å². The number of carbonyl (C=O) groups excluding carboxylic acids is 2. The molecule has 1 aliphatic heterocycles. The molecule has 1 aromatic rings. The molecule has 0 radical (unpaired) electrons. The lowest BCUT2D eigenvalue weighted by Crippen LogP contribution is -2.52. The first-order chi connectivity index (χ1) is 11.1. The molecule has 130 valence electrons. The summed E-state index contributed by atoms with van der Waals surface area (Å²) >= 11 is 0. The molecule has 0 unspecified atom stereocenters. The molecule has 0 bridgehead atoms. The number of benzene rings is 1. The fourth-order valence-electron chi connectivity index (χ4n) is 3.32. The summed E-state index contributed by atoms with van der Waals surface area (Å²) in [4.78, 5) is 25.7. The zero-order chi connectivity index (χ0) is 17.7. The van der Waals surface area contributed by atoms with Crippen molar-refractivity contribution in [3.63, 3.8) is 0 Å². The highest BCUT2D eigenvalue weighted by molar-refractivity contribution is 6.06. The zero-order valence-corrected chi connectivity index (χ0v) is 15.1. The van der Waals surface area contributed by atoms with Gasteiger partial charge in [-0.25, -0.2) is 4.79 Å². The molecule has 5 heteroatoms. The van der Waals surface area contributed by atoms with Gasteiger partial charge in [-0.2, -0.15) is 0 Å². The number of nitrogens with zero attached hydrogens (tertiary/aromatic N) is 1. The summed E-state index contributed by atoms with van der Waals surface area (Å²) in [5.41, 5.74) is 0.376. The Morgan fingerprint density at radius 3 is 2.33 bits per heavy atom. The molecule has 1 aliphatic carbocycles. The molecule has 0 spiro atoms. The third-order valence-corrected chi connectivity index (χ3v) is 4.82. The fourth-order valence-corrected chi connectivity index (χ4v) is 3.32. The predicted molar refractivity (Wildman–Crippen MR) is 92.0 cm³/mol. The normalized spacial score (nSPS) is 26.1. The van der Waals surface area contributed by atoms with Crippen molar-refractivity contribution in [1.29, 1.82) is 0 Å². The molecule has 3 rings (SSSR count). The average Bonchev–Trinajstić information content (AvgIpc) is 2.62. The standard InChI is InChI=1S/C19H26N2O3/c1-18(2,3)14-8-6-7-9-15(14)24-13-10-12(11-13)21-16(22)19(4,5)20-17(21)23/h6-9,12-13H,10-11H2,1-5H3,(H,20,23). The lowest BCUT2D eigenvalue weighted by molar-refractivity contribution is -0.134. The van der Waals surface area contributed by atoms with E-state index in [0.29, 0.717) is 12.8 Å². The van der Waals surface area contributed by atoms with Crippen molar-refractivity contribution >= 4 is 11.9 Å². The smallest absolute Gasteiger partial charge is 0.325 e. The van der Waals surface area contributed by atoms with Crippen molar-refractivity contribution in [1.82, 2.24) is 10.2 Å². The van der Waals surface area contributed by atoms with Crippen LogP contribution in [0, 0.1) is 0 Å². The second-order valence-corrected chi connectivity index (χ2v) is 8.34. The minimum atomic E-state index is -0.804. The van der Waals surface area contributed by atoms with Crippen LogP contribution in [0.3, 0.4) is 0 Å². The van der Waals surface area contributed by atoms with Gasteiger partial charge >= 0.3 is 6.03 Å². The van der Waals surface area contributed by atoms with Crippen molar-refractivity contribution < 1.29 is 14.3 Å². The van der Waals surface area contributed by atoms with Gasteiger partial charge in [0.15, 0.2) is 0 Å². The first kappa shape index (κ1) is 16.8. The van der Waals surface area contributed by atoms with E-state index in [1.54, 1.807) is 13.8 Å². The van der Waals surface area contributed by atoms with E-state index in [4.69, 9.17) is 4.74 Å². The molecule has 1 N–H and O–H groups in total. The van der Waals surface area contributed by atoms with Crippen molar-refractivity contribution in [2.45, 2.75) is 70.6 Å². The largest absolute Gasteiger partial charge is 0.490 e. The second-order valence-electron chi connectivity index (χ2n) is 8.34. The molecule has 0 atom stereocenters. The Bertz CT molecular complexity index is 669. The van der Waals surface area contributed by atoms with Crippen LogP contribution in [0.25, 0.3) is 0 Å². The van der Waals surface area contributed by atoms with Gasteiger partial charge in [0.05, 0.1) is 0 Å². The van der Waals surface area contributed by atoms with E-state index in [2.05, 4.69) is 32.2 Å². The molecule has 5 nitrogen and oxygen atoms in total. The minimum absolute atomic E-state index is 0.00850. The lowest BCUT2D eigenvalue weighted by atomic mass is 9.85. The number of ether oxygens (including phenoxy) is 1. The molecule has 1 heterocycles. The molecule has 24 heavy (non-hydrogen) atoms. The van der Waals surface area contributed by atoms with E-state index in [-0.39, 0.29) is 29.5 Å². The molecular formula is C19H26N2O3. The molecular weight excluding hydrogens is 304 g/mol. The highest BCUT2D eigenvalue weighted by Gasteiger charge is 2.50. The van der Waals surface area contributed by atoms with Gasteiger partial charge in [-0.3, -0.25) is 9.69 Å². The molecule has 0 aromatic heterocycles. The van der Waals surface area contributed by atoms with Gasteiger partial charge in [0.2, 0.25) is 0 Å². The Balaban J connectivity index is 1.65. The number of carbonyl (C=O) groups is 2. The molecule has 1 saturated heterocycles. The maximum Gasteiger partial charge on any atom is 0.325 e. The van der Waals surface area contributed by atoms with Crippen LogP contribution in [-0.4, -0.2) is 34.5 Å². The SMILES string of the molecule is CC1(C)NC(=O)N(C2CC(Oc3ccccc3C(C)(C)C)C2)C1=O. The summed E-state index contributed by atoms with van der Waals surface area (Å²) in [5, 5.41) is 2.73. The summed E-state index contributed by atoms with van der Waals surface area (Å²) in [7, 11) is 0. The predicted octanol–water partition coefficient (Wildman–Crippen LogP) is 3.22. The van der Waals surface area contributed by atoms with Crippen LogP contribution in [-0.2, 0) is 10.2 Å². The van der Waals surface area contributed by atoms with Gasteiger partial charge in [-0.05, 0) is 30.9 Å². The topological polar surface area (TPSA) is 58.6 Å². The van der Waals surface area contributed by atoms with Crippen LogP contribution in [0.2, 0.25) is 0 Å². The third-order valence-electron chi connectivity index (χ3n) is 4.82. The Morgan fingerprint density at radius 1 is 1.17 bits per heavy atom. The zero-order valence-electron chi connectivity index (χ0n) is 15.1. The van der Waals surface area contributed by atoms with Crippen molar-refractivity contribution in [3.8, 4) is 5.75 Å². The lowest BCUT2D eigenvalue weighted by Gasteiger charge is -2.40. The Morgan fingerprint density at radius 2 is 1.79 bits per heavy atom. The Labute approximate surface area is 143 Å². The Hall–Kier alpha value is -2.04. The van der Waals surface area contributed by atoms with Crippen LogP contribution in [0.15, 0.2) is 24.3 Å². The van der Waals surface area contributed by atoms with Gasteiger partial charge in [-0.15, -0.1) is 0 Å². The number of imide groups is 1. The second kappa shape index (κ2) is 5.50. The Kier molecular flexibility index (Phi) is 3.85. The highest BCUT2D eigenvalue weighted by Crippen LogP contribution is 2.37. The maximum atomic E-state index is 12.3. The van der Waals surface area contributed by atoms with Crippen molar-refractivity contribution in [3.05, 3.63) is 29.8 Å². The molecule has 1 saturated carbocycles. The van der Waals surface area contributed by atoms with Gasteiger partial charge < -0.3 is 10.1 Å². The quantitative estimate of drug-likeness (QED) is 0.866. The van der Waals surface area contributed by atoms with Crippen LogP contribution in [0.5, 0.6) is 5.75 Å². The first-order valence-electron chi connectivity index (χ1n) is 8.51. The molecule has 2 fully saturated rings. The van der Waals surface area contributed by atoms with Crippen LogP contribution in [0.4, 0.5) is 4.79 Å². The minimum Gasteiger partial charge on any atom is -0.490 e. The number of urea groups is 1. The highest BCUT2D eigenvalue weighted by atomic mass is 16.5. The number of rotatable bonds is 3. The first-order valence-corrected chi connectivity index (χ1v) is 8.51. The van der Waals surface area contributed by atoms with E-state index in [1.165, 1.54) is 10.5 Å². The summed E-state index contributed by atoms with van der Waals surface area (Å²) in [5.74, 6) is 0.747. The summed E-state index contributed by atoms with van der Waals surface area (Å²) in [6, 6.07) is 7.72. The number of para-hydroxylation sites is 1. The summed E-state index contributed by atoms with van der Waals surface area (Å²) in [6.07, 6.45) is 1.42. The van der Waals surface area contributed by atoms with Gasteiger partial charge in [0.1, 0.15) is 17.4 Å². The molecule has 3 amide bonds. The van der Waals surface area contributed by atoms with Gasteiger partial charge in [0.25, 0.3) is 5.91 Å². The fraction of sp³-hybridized carbons (Fsp3) is 0.579. The third kappa shape index (κ3) is 2.87. The van der Waals surface area contributed by atoms with Crippen LogP contribution < -0.4 is 10.1 Å². The number of nitrogens with one attached hydrogen (secondary N) is 1. The van der Waals surface area contributed by atoms with Gasteiger partial charge in [-0.1, -0.05) is 39.0 Å². The van der Waals surface area contributed by atoms with Crippen LogP contribution >= 0.6 is 0 Å². The number of hydrogen-bond donors (Lipinski definition) is 1. The monoisotopic (exact) mass is 330 g/mol. The average molecular weight is 330 g/mol. The van der Waals surface area contributed by atoms with E-state index >= 15 is 0 Å². The number of amides is 3. The van der Waals surface area contributed by atoms with Crippen molar-refractivity contribution in [2.24, 2.45) is 0 Å². The van der Waals surface area contributed by atoms with E-state index < -0.39 is 5.54 Å². The number of hydrogen-bond acceptors (Lipinski definition) is 3.